The maximum absolute atomic E-state index is 12.7. The number of aromatic nitrogens is 3. The Morgan fingerprint density at radius 2 is 1.90 bits per heavy atom. The minimum absolute atomic E-state index is 0.160. The lowest BCUT2D eigenvalue weighted by Gasteiger charge is -2.09. The van der Waals surface area contributed by atoms with Crippen LogP contribution in [0, 0.1) is 13.8 Å². The smallest absolute Gasteiger partial charge is 0.341 e. The molecule has 9 heteroatoms. The largest absolute Gasteiger partial charge is 0.462 e. The van der Waals surface area contributed by atoms with Gasteiger partial charge in [0.15, 0.2) is 5.16 Å². The van der Waals surface area contributed by atoms with Crippen molar-refractivity contribution >= 4 is 40.0 Å². The molecular weight excluding hydrogens is 432 g/mol. The number of rotatable bonds is 9. The predicted molar refractivity (Wildman–Crippen MR) is 124 cm³/mol. The molecule has 31 heavy (non-hydrogen) atoms. The molecule has 0 aliphatic heterocycles. The van der Waals surface area contributed by atoms with Gasteiger partial charge >= 0.3 is 5.97 Å². The number of hydrogen-bond donors (Lipinski definition) is 1. The summed E-state index contributed by atoms with van der Waals surface area (Å²) >= 11 is 2.73. The fraction of sp³-hybridized carbons (Fsp3) is 0.364. The van der Waals surface area contributed by atoms with Crippen molar-refractivity contribution in [2.24, 2.45) is 0 Å². The van der Waals surface area contributed by atoms with Gasteiger partial charge in [-0.1, -0.05) is 49.0 Å². The Balaban J connectivity index is 1.70. The van der Waals surface area contributed by atoms with E-state index >= 15 is 0 Å². The standard InChI is InChI=1S/C22H26N4O3S2/c1-5-17-14(3)31-20(19(17)21(28)29-6-2)23-18(27)13-30-22-25-24-15(4)26(22)12-16-10-8-7-9-11-16/h7-11H,5-6,12-13H2,1-4H3,(H,23,27). The molecule has 0 aliphatic carbocycles. The topological polar surface area (TPSA) is 86.1 Å². The third kappa shape index (κ3) is 5.54. The Morgan fingerprint density at radius 3 is 2.58 bits per heavy atom. The molecule has 1 amide bonds. The van der Waals surface area contributed by atoms with Crippen molar-refractivity contribution in [1.82, 2.24) is 14.8 Å². The van der Waals surface area contributed by atoms with E-state index in [1.165, 1.54) is 23.1 Å². The van der Waals surface area contributed by atoms with Gasteiger partial charge in [0.25, 0.3) is 0 Å². The lowest BCUT2D eigenvalue weighted by molar-refractivity contribution is -0.113. The zero-order valence-corrected chi connectivity index (χ0v) is 19.7. The highest BCUT2D eigenvalue weighted by Crippen LogP contribution is 2.34. The molecular formula is C22H26N4O3S2. The minimum Gasteiger partial charge on any atom is -0.462 e. The van der Waals surface area contributed by atoms with Crippen LogP contribution in [-0.4, -0.2) is 39.0 Å². The van der Waals surface area contributed by atoms with Crippen LogP contribution in [-0.2, 0) is 22.5 Å². The highest BCUT2D eigenvalue weighted by molar-refractivity contribution is 7.99. The quantitative estimate of drug-likeness (QED) is 0.376. The molecule has 0 radical (unpaired) electrons. The molecule has 2 aromatic heterocycles. The monoisotopic (exact) mass is 458 g/mol. The van der Waals surface area contributed by atoms with Gasteiger partial charge in [0.05, 0.1) is 24.5 Å². The molecule has 1 N–H and O–H groups in total. The van der Waals surface area contributed by atoms with E-state index in [2.05, 4.69) is 15.5 Å². The molecule has 0 unspecified atom stereocenters. The van der Waals surface area contributed by atoms with Crippen LogP contribution in [0.2, 0.25) is 0 Å². The Kier molecular flexibility index (Phi) is 7.86. The van der Waals surface area contributed by atoms with Crippen LogP contribution in [0.1, 0.15) is 46.0 Å². The van der Waals surface area contributed by atoms with E-state index in [1.54, 1.807) is 6.92 Å². The van der Waals surface area contributed by atoms with Gasteiger partial charge in [-0.3, -0.25) is 4.79 Å². The van der Waals surface area contributed by atoms with Crippen LogP contribution in [0.4, 0.5) is 5.00 Å². The van der Waals surface area contributed by atoms with Gasteiger partial charge in [-0.15, -0.1) is 21.5 Å². The molecule has 0 atom stereocenters. The number of carbonyl (C=O) groups excluding carboxylic acids is 2. The van der Waals surface area contributed by atoms with E-state index < -0.39 is 5.97 Å². The van der Waals surface area contributed by atoms with E-state index in [-0.39, 0.29) is 18.3 Å². The van der Waals surface area contributed by atoms with Crippen molar-refractivity contribution < 1.29 is 14.3 Å². The Labute approximate surface area is 190 Å². The van der Waals surface area contributed by atoms with Crippen molar-refractivity contribution in [3.8, 4) is 0 Å². The molecule has 0 aliphatic rings. The van der Waals surface area contributed by atoms with E-state index in [0.717, 1.165) is 21.8 Å². The highest BCUT2D eigenvalue weighted by Gasteiger charge is 2.23. The van der Waals surface area contributed by atoms with Gasteiger partial charge in [-0.05, 0) is 38.3 Å². The summed E-state index contributed by atoms with van der Waals surface area (Å²) in [6, 6.07) is 10.0. The van der Waals surface area contributed by atoms with Gasteiger partial charge in [-0.2, -0.15) is 0 Å². The van der Waals surface area contributed by atoms with Gasteiger partial charge in [0.2, 0.25) is 5.91 Å². The maximum atomic E-state index is 12.7. The summed E-state index contributed by atoms with van der Waals surface area (Å²) in [5.41, 5.74) is 2.52. The van der Waals surface area contributed by atoms with Crippen molar-refractivity contribution in [2.45, 2.75) is 45.8 Å². The first-order valence-corrected chi connectivity index (χ1v) is 11.9. The van der Waals surface area contributed by atoms with Crippen molar-refractivity contribution in [2.75, 3.05) is 17.7 Å². The number of ether oxygens (including phenoxy) is 1. The number of hydrogen-bond acceptors (Lipinski definition) is 7. The first-order chi connectivity index (χ1) is 14.9. The number of benzene rings is 1. The van der Waals surface area contributed by atoms with Gasteiger partial charge in [0, 0.05) is 4.88 Å². The summed E-state index contributed by atoms with van der Waals surface area (Å²) in [7, 11) is 0. The highest BCUT2D eigenvalue weighted by atomic mass is 32.2. The second kappa shape index (κ2) is 10.6. The van der Waals surface area contributed by atoms with Crippen LogP contribution in [0.25, 0.3) is 0 Å². The number of nitrogens with one attached hydrogen (secondary N) is 1. The van der Waals surface area contributed by atoms with Crippen LogP contribution in [0.3, 0.4) is 0 Å². The van der Waals surface area contributed by atoms with E-state index in [1.807, 2.05) is 55.7 Å². The zero-order valence-electron chi connectivity index (χ0n) is 18.1. The van der Waals surface area contributed by atoms with Crippen molar-refractivity contribution in [1.29, 1.82) is 0 Å². The second-order valence-corrected chi connectivity index (χ2v) is 9.02. The number of thiophene rings is 1. The van der Waals surface area contributed by atoms with Crippen LogP contribution in [0.15, 0.2) is 35.5 Å². The van der Waals surface area contributed by atoms with E-state index in [4.69, 9.17) is 4.74 Å². The summed E-state index contributed by atoms with van der Waals surface area (Å²) in [5, 5.41) is 12.5. The molecule has 0 saturated heterocycles. The number of amides is 1. The maximum Gasteiger partial charge on any atom is 0.341 e. The van der Waals surface area contributed by atoms with Crippen LogP contribution in [0.5, 0.6) is 0 Å². The molecule has 0 bridgehead atoms. The SMILES string of the molecule is CCOC(=O)c1c(NC(=O)CSc2nnc(C)n2Cc2ccccc2)sc(C)c1CC. The molecule has 3 rings (SSSR count). The number of anilines is 1. The molecule has 0 saturated carbocycles. The first-order valence-electron chi connectivity index (χ1n) is 10.1. The number of nitrogens with zero attached hydrogens (tertiary/aromatic N) is 3. The Morgan fingerprint density at radius 1 is 1.16 bits per heavy atom. The summed E-state index contributed by atoms with van der Waals surface area (Å²) in [5.74, 6) is 0.349. The first kappa shape index (κ1) is 23.0. The average Bonchev–Trinajstić information content (AvgIpc) is 3.26. The normalized spacial score (nSPS) is 10.8. The van der Waals surface area contributed by atoms with Crippen LogP contribution < -0.4 is 5.32 Å². The molecule has 164 valence electrons. The summed E-state index contributed by atoms with van der Waals surface area (Å²) < 4.78 is 7.19. The van der Waals surface area contributed by atoms with Crippen molar-refractivity contribution in [3.63, 3.8) is 0 Å². The zero-order chi connectivity index (χ0) is 22.4. The second-order valence-electron chi connectivity index (χ2n) is 6.85. The molecule has 1 aromatic carbocycles. The molecule has 0 fully saturated rings. The third-order valence-electron chi connectivity index (χ3n) is 4.71. The molecule has 3 aromatic rings. The third-order valence-corrected chi connectivity index (χ3v) is 6.74. The van der Waals surface area contributed by atoms with E-state index in [9.17, 15) is 9.59 Å². The molecule has 0 spiro atoms. The lowest BCUT2D eigenvalue weighted by Crippen LogP contribution is -2.17. The summed E-state index contributed by atoms with van der Waals surface area (Å²) in [6.45, 7) is 8.53. The molecule has 7 nitrogen and oxygen atoms in total. The van der Waals surface area contributed by atoms with Crippen LogP contribution >= 0.6 is 23.1 Å². The number of esters is 1. The Bertz CT molecular complexity index is 1060. The van der Waals surface area contributed by atoms with Gasteiger partial charge < -0.3 is 14.6 Å². The van der Waals surface area contributed by atoms with Gasteiger partial charge in [-0.25, -0.2) is 4.79 Å². The number of carbonyl (C=O) groups is 2. The fourth-order valence-electron chi connectivity index (χ4n) is 3.22. The summed E-state index contributed by atoms with van der Waals surface area (Å²) in [6.07, 6.45) is 0.697. The fourth-order valence-corrected chi connectivity index (χ4v) is 5.15. The van der Waals surface area contributed by atoms with Crippen molar-refractivity contribution in [3.05, 3.63) is 57.7 Å². The minimum atomic E-state index is -0.398. The Hall–Kier alpha value is -2.65. The summed E-state index contributed by atoms with van der Waals surface area (Å²) in [4.78, 5) is 26.1. The lowest BCUT2D eigenvalue weighted by atomic mass is 10.1. The average molecular weight is 459 g/mol. The predicted octanol–water partition coefficient (Wildman–Crippen LogP) is 4.47. The number of aryl methyl sites for hydroxylation is 2. The molecule has 2 heterocycles. The van der Waals surface area contributed by atoms with E-state index in [0.29, 0.717) is 28.7 Å². The van der Waals surface area contributed by atoms with Gasteiger partial charge in [0.1, 0.15) is 10.8 Å². The number of thioether (sulfide) groups is 1.